The molecule has 1 aliphatic heterocycles. The van der Waals surface area contributed by atoms with Crippen LogP contribution in [-0.2, 0) is 11.2 Å². The molecule has 0 saturated carbocycles. The third-order valence-corrected chi connectivity index (χ3v) is 2.47. The van der Waals surface area contributed by atoms with E-state index in [2.05, 4.69) is 0 Å². The fourth-order valence-corrected chi connectivity index (χ4v) is 1.75. The first-order valence-electron chi connectivity index (χ1n) is 4.69. The first kappa shape index (κ1) is 9.21. The second kappa shape index (κ2) is 3.80. The minimum atomic E-state index is 0.0775. The summed E-state index contributed by atoms with van der Waals surface area (Å²) in [6.45, 7) is 1.14. The van der Waals surface area contributed by atoms with Crippen LogP contribution < -0.4 is 0 Å². The summed E-state index contributed by atoms with van der Waals surface area (Å²) in [5.74, 6) is 0.0775. The highest BCUT2D eigenvalue weighted by molar-refractivity contribution is 5.96. The second-order valence-electron chi connectivity index (χ2n) is 3.39. The first-order valence-corrected chi connectivity index (χ1v) is 4.69. The number of carbonyl (C=O) groups is 1. The van der Waals surface area contributed by atoms with Gasteiger partial charge in [0, 0.05) is 19.2 Å². The van der Waals surface area contributed by atoms with Crippen LogP contribution in [0.5, 0.6) is 0 Å². The number of fused-ring (bicyclic) bond motifs is 1. The van der Waals surface area contributed by atoms with Crippen molar-refractivity contribution < 1.29 is 9.53 Å². The van der Waals surface area contributed by atoms with Gasteiger partial charge in [0.05, 0.1) is 0 Å². The van der Waals surface area contributed by atoms with E-state index in [4.69, 9.17) is 4.74 Å². The molecule has 0 radical (unpaired) electrons. The van der Waals surface area contributed by atoms with Gasteiger partial charge in [0.15, 0.2) is 0 Å². The summed E-state index contributed by atoms with van der Waals surface area (Å²) in [5.41, 5.74) is 1.96. The van der Waals surface area contributed by atoms with Crippen LogP contribution in [0.1, 0.15) is 15.9 Å². The Balaban J connectivity index is 2.27. The Morgan fingerprint density at radius 3 is 3.00 bits per heavy atom. The van der Waals surface area contributed by atoms with Crippen molar-refractivity contribution in [1.29, 1.82) is 0 Å². The fourth-order valence-electron chi connectivity index (χ4n) is 1.75. The van der Waals surface area contributed by atoms with Gasteiger partial charge in [0.1, 0.15) is 6.73 Å². The van der Waals surface area contributed by atoms with Gasteiger partial charge in [-0.1, -0.05) is 18.2 Å². The lowest BCUT2D eigenvalue weighted by Crippen LogP contribution is -2.38. The fraction of sp³-hybridized carbons (Fsp3) is 0.364. The zero-order valence-electron chi connectivity index (χ0n) is 8.19. The molecule has 0 bridgehead atoms. The summed E-state index contributed by atoms with van der Waals surface area (Å²) in [6.07, 6.45) is 0.922. The van der Waals surface area contributed by atoms with Crippen molar-refractivity contribution in [3.05, 3.63) is 35.4 Å². The van der Waals surface area contributed by atoms with Crippen LogP contribution in [0.15, 0.2) is 24.3 Å². The van der Waals surface area contributed by atoms with Crippen LogP contribution in [0.3, 0.4) is 0 Å². The minimum absolute atomic E-state index is 0.0775. The monoisotopic (exact) mass is 191 g/mol. The van der Waals surface area contributed by atoms with Crippen molar-refractivity contribution in [3.63, 3.8) is 0 Å². The number of hydrogen-bond acceptors (Lipinski definition) is 2. The van der Waals surface area contributed by atoms with Gasteiger partial charge in [-0.05, 0) is 18.1 Å². The summed E-state index contributed by atoms with van der Waals surface area (Å²) in [7, 11) is 1.60. The van der Waals surface area contributed by atoms with Crippen LogP contribution in [0.2, 0.25) is 0 Å². The summed E-state index contributed by atoms with van der Waals surface area (Å²) >= 11 is 0. The Kier molecular flexibility index (Phi) is 2.50. The maximum Gasteiger partial charge on any atom is 0.255 e. The van der Waals surface area contributed by atoms with Gasteiger partial charge in [-0.25, -0.2) is 0 Å². The van der Waals surface area contributed by atoms with Crippen LogP contribution in [0, 0.1) is 0 Å². The highest BCUT2D eigenvalue weighted by Crippen LogP contribution is 2.17. The Hall–Kier alpha value is -1.35. The highest BCUT2D eigenvalue weighted by atomic mass is 16.5. The average molecular weight is 191 g/mol. The average Bonchev–Trinajstić information content (AvgIpc) is 2.23. The summed E-state index contributed by atoms with van der Waals surface area (Å²) < 4.78 is 4.97. The molecule has 0 N–H and O–H groups in total. The molecule has 0 atom stereocenters. The van der Waals surface area contributed by atoms with Crippen LogP contribution in [0.25, 0.3) is 0 Å². The van der Waals surface area contributed by atoms with Gasteiger partial charge in [0.2, 0.25) is 0 Å². The van der Waals surface area contributed by atoms with Crippen molar-refractivity contribution in [2.45, 2.75) is 6.42 Å². The Morgan fingerprint density at radius 1 is 1.43 bits per heavy atom. The Bertz CT molecular complexity index is 349. The maximum absolute atomic E-state index is 11.9. The molecule has 1 aromatic carbocycles. The summed E-state index contributed by atoms with van der Waals surface area (Å²) in [4.78, 5) is 13.6. The number of rotatable bonds is 2. The SMILES string of the molecule is COCN1CCc2ccccc2C1=O. The predicted molar refractivity (Wildman–Crippen MR) is 53.1 cm³/mol. The number of ether oxygens (including phenoxy) is 1. The molecule has 0 aliphatic carbocycles. The van der Waals surface area contributed by atoms with Crippen molar-refractivity contribution in [2.24, 2.45) is 0 Å². The molecule has 74 valence electrons. The van der Waals surface area contributed by atoms with E-state index >= 15 is 0 Å². The maximum atomic E-state index is 11.9. The molecule has 3 nitrogen and oxygen atoms in total. The number of nitrogens with zero attached hydrogens (tertiary/aromatic N) is 1. The van der Waals surface area contributed by atoms with Gasteiger partial charge in [0.25, 0.3) is 5.91 Å². The Morgan fingerprint density at radius 2 is 2.21 bits per heavy atom. The predicted octanol–water partition coefficient (Wildman–Crippen LogP) is 1.29. The minimum Gasteiger partial charge on any atom is -0.364 e. The molecule has 1 amide bonds. The van der Waals surface area contributed by atoms with Crippen molar-refractivity contribution in [2.75, 3.05) is 20.4 Å². The normalized spacial score (nSPS) is 15.5. The van der Waals surface area contributed by atoms with Crippen LogP contribution in [0.4, 0.5) is 0 Å². The number of hydrogen-bond donors (Lipinski definition) is 0. The van der Waals surface area contributed by atoms with Crippen LogP contribution in [-0.4, -0.2) is 31.2 Å². The van der Waals surface area contributed by atoms with E-state index in [1.807, 2.05) is 24.3 Å². The molecule has 1 aliphatic rings. The van der Waals surface area contributed by atoms with E-state index in [0.29, 0.717) is 6.73 Å². The lowest BCUT2D eigenvalue weighted by atomic mass is 10.00. The van der Waals surface area contributed by atoms with E-state index in [1.165, 1.54) is 0 Å². The van der Waals surface area contributed by atoms with E-state index < -0.39 is 0 Å². The van der Waals surface area contributed by atoms with E-state index in [0.717, 1.165) is 24.1 Å². The molecule has 3 heteroatoms. The molecular weight excluding hydrogens is 178 g/mol. The summed E-state index contributed by atoms with van der Waals surface area (Å²) in [5, 5.41) is 0. The molecular formula is C11H13NO2. The van der Waals surface area contributed by atoms with Crippen molar-refractivity contribution >= 4 is 5.91 Å². The van der Waals surface area contributed by atoms with Crippen molar-refractivity contribution in [1.82, 2.24) is 4.90 Å². The van der Waals surface area contributed by atoms with Gasteiger partial charge in [-0.3, -0.25) is 4.79 Å². The molecule has 1 aromatic rings. The van der Waals surface area contributed by atoms with Gasteiger partial charge >= 0.3 is 0 Å². The molecule has 14 heavy (non-hydrogen) atoms. The number of carbonyl (C=O) groups excluding carboxylic acids is 1. The molecule has 0 unspecified atom stereocenters. The molecule has 0 aromatic heterocycles. The zero-order valence-corrected chi connectivity index (χ0v) is 8.19. The molecule has 1 heterocycles. The van der Waals surface area contributed by atoms with E-state index in [-0.39, 0.29) is 5.91 Å². The Labute approximate surface area is 83.3 Å². The summed E-state index contributed by atoms with van der Waals surface area (Å²) in [6, 6.07) is 7.75. The third kappa shape index (κ3) is 1.51. The quantitative estimate of drug-likeness (QED) is 0.705. The van der Waals surface area contributed by atoms with E-state index in [1.54, 1.807) is 12.0 Å². The molecule has 0 spiro atoms. The third-order valence-electron chi connectivity index (χ3n) is 2.47. The van der Waals surface area contributed by atoms with Gasteiger partial charge < -0.3 is 9.64 Å². The highest BCUT2D eigenvalue weighted by Gasteiger charge is 2.22. The lowest BCUT2D eigenvalue weighted by Gasteiger charge is -2.27. The van der Waals surface area contributed by atoms with E-state index in [9.17, 15) is 4.79 Å². The van der Waals surface area contributed by atoms with Gasteiger partial charge in [-0.2, -0.15) is 0 Å². The largest absolute Gasteiger partial charge is 0.364 e. The number of methoxy groups -OCH3 is 1. The smallest absolute Gasteiger partial charge is 0.255 e. The number of amides is 1. The van der Waals surface area contributed by atoms with Crippen LogP contribution >= 0.6 is 0 Å². The number of benzene rings is 1. The molecule has 0 fully saturated rings. The standard InChI is InChI=1S/C11H13NO2/c1-14-8-12-7-6-9-4-2-3-5-10(9)11(12)13/h2-5H,6-8H2,1H3. The van der Waals surface area contributed by atoms with Gasteiger partial charge in [-0.15, -0.1) is 0 Å². The van der Waals surface area contributed by atoms with Crippen molar-refractivity contribution in [3.8, 4) is 0 Å². The first-order chi connectivity index (χ1) is 6.83. The zero-order chi connectivity index (χ0) is 9.97. The molecule has 2 rings (SSSR count). The molecule has 0 saturated heterocycles. The lowest BCUT2D eigenvalue weighted by molar-refractivity contribution is 0.0399. The second-order valence-corrected chi connectivity index (χ2v) is 3.39. The topological polar surface area (TPSA) is 29.5 Å².